The predicted octanol–water partition coefficient (Wildman–Crippen LogP) is 1.68. The summed E-state index contributed by atoms with van der Waals surface area (Å²) in [5.41, 5.74) is 5.37. The molecule has 1 aliphatic carbocycles. The maximum atomic E-state index is 11.3. The Morgan fingerprint density at radius 2 is 1.83 bits per heavy atom. The molecule has 18 heavy (non-hydrogen) atoms. The van der Waals surface area contributed by atoms with Gasteiger partial charge >= 0.3 is 0 Å². The van der Waals surface area contributed by atoms with Crippen LogP contribution in [0, 0.1) is 11.8 Å². The second-order valence-corrected chi connectivity index (χ2v) is 6.15. The molecule has 1 saturated carbocycles. The van der Waals surface area contributed by atoms with Crippen molar-refractivity contribution < 1.29 is 9.53 Å². The predicted molar refractivity (Wildman–Crippen MR) is 73.2 cm³/mol. The average Bonchev–Trinajstić information content (AvgIpc) is 2.21. The lowest BCUT2D eigenvalue weighted by Gasteiger charge is -2.32. The molecule has 0 bridgehead atoms. The summed E-state index contributed by atoms with van der Waals surface area (Å²) < 4.78 is 5.88. The molecule has 3 atom stereocenters. The maximum absolute atomic E-state index is 11.3. The Kier molecular flexibility index (Phi) is 6.09. The molecule has 4 heteroatoms. The van der Waals surface area contributed by atoms with Gasteiger partial charge in [-0.2, -0.15) is 0 Å². The van der Waals surface area contributed by atoms with Gasteiger partial charge in [-0.1, -0.05) is 27.7 Å². The van der Waals surface area contributed by atoms with E-state index in [1.807, 2.05) is 13.8 Å². The van der Waals surface area contributed by atoms with Gasteiger partial charge in [0, 0.05) is 6.04 Å². The lowest BCUT2D eigenvalue weighted by Crippen LogP contribution is -2.48. The molecule has 0 aromatic carbocycles. The smallest absolute Gasteiger partial charge is 0.236 e. The Bertz CT molecular complexity index is 259. The summed E-state index contributed by atoms with van der Waals surface area (Å²) in [6.07, 6.45) is 3.75. The molecular formula is C14H28N2O2. The monoisotopic (exact) mass is 256 g/mol. The van der Waals surface area contributed by atoms with E-state index in [0.717, 1.165) is 12.8 Å². The summed E-state index contributed by atoms with van der Waals surface area (Å²) >= 11 is 0. The van der Waals surface area contributed by atoms with Crippen LogP contribution in [0.25, 0.3) is 0 Å². The number of nitrogens with one attached hydrogen (secondary N) is 1. The number of hydrogen-bond acceptors (Lipinski definition) is 3. The van der Waals surface area contributed by atoms with E-state index in [2.05, 4.69) is 19.2 Å². The molecule has 4 nitrogen and oxygen atoms in total. The van der Waals surface area contributed by atoms with Crippen LogP contribution in [0.1, 0.15) is 47.0 Å². The fourth-order valence-electron chi connectivity index (χ4n) is 2.86. The van der Waals surface area contributed by atoms with Crippen molar-refractivity contribution in [1.82, 2.24) is 5.32 Å². The Balaban J connectivity index is 2.39. The van der Waals surface area contributed by atoms with Gasteiger partial charge in [0.25, 0.3) is 0 Å². The molecule has 0 spiro atoms. The van der Waals surface area contributed by atoms with E-state index < -0.39 is 0 Å². The standard InChI is InChI=1S/C14H28N2O2/c1-9(2)16-13(14(15)17)8-18-12-6-10(3)5-11(4)7-12/h9-13,16H,5-8H2,1-4H3,(H2,15,17). The van der Waals surface area contributed by atoms with Crippen LogP contribution in [-0.4, -0.2) is 30.7 Å². The molecule has 0 saturated heterocycles. The maximum Gasteiger partial charge on any atom is 0.236 e. The minimum Gasteiger partial charge on any atom is -0.376 e. The normalized spacial score (nSPS) is 30.4. The summed E-state index contributed by atoms with van der Waals surface area (Å²) in [5.74, 6) is 1.09. The fourth-order valence-corrected chi connectivity index (χ4v) is 2.86. The average molecular weight is 256 g/mol. The number of primary amides is 1. The fraction of sp³-hybridized carbons (Fsp3) is 0.929. The lowest BCUT2D eigenvalue weighted by atomic mass is 9.82. The Labute approximate surface area is 111 Å². The van der Waals surface area contributed by atoms with E-state index in [1.165, 1.54) is 6.42 Å². The first-order valence-corrected chi connectivity index (χ1v) is 7.05. The SMILES string of the molecule is CC1CC(C)CC(OCC(NC(C)C)C(N)=O)C1. The molecule has 1 aliphatic rings. The molecule has 0 radical (unpaired) electrons. The molecule has 3 N–H and O–H groups in total. The van der Waals surface area contributed by atoms with E-state index in [1.54, 1.807) is 0 Å². The highest BCUT2D eigenvalue weighted by atomic mass is 16.5. The zero-order valence-electron chi connectivity index (χ0n) is 12.1. The molecule has 1 fully saturated rings. The van der Waals surface area contributed by atoms with Crippen LogP contribution < -0.4 is 11.1 Å². The molecule has 0 aromatic rings. The summed E-state index contributed by atoms with van der Waals surface area (Å²) in [7, 11) is 0. The largest absolute Gasteiger partial charge is 0.376 e. The highest BCUT2D eigenvalue weighted by Gasteiger charge is 2.26. The molecular weight excluding hydrogens is 228 g/mol. The third-order valence-electron chi connectivity index (χ3n) is 3.51. The zero-order chi connectivity index (χ0) is 13.7. The second kappa shape index (κ2) is 7.10. The Morgan fingerprint density at radius 1 is 1.28 bits per heavy atom. The highest BCUT2D eigenvalue weighted by molar-refractivity contribution is 5.80. The lowest BCUT2D eigenvalue weighted by molar-refractivity contribution is -0.122. The van der Waals surface area contributed by atoms with Crippen molar-refractivity contribution in [3.05, 3.63) is 0 Å². The third-order valence-corrected chi connectivity index (χ3v) is 3.51. The van der Waals surface area contributed by atoms with E-state index in [-0.39, 0.29) is 24.1 Å². The van der Waals surface area contributed by atoms with Gasteiger partial charge < -0.3 is 15.8 Å². The number of rotatable bonds is 6. The summed E-state index contributed by atoms with van der Waals surface area (Å²) in [6, 6.07) is -0.146. The number of carbonyl (C=O) groups excluding carboxylic acids is 1. The number of ether oxygens (including phenoxy) is 1. The summed E-state index contributed by atoms with van der Waals surface area (Å²) in [4.78, 5) is 11.3. The van der Waals surface area contributed by atoms with Crippen molar-refractivity contribution in [3.8, 4) is 0 Å². The van der Waals surface area contributed by atoms with Crippen LogP contribution in [0.15, 0.2) is 0 Å². The van der Waals surface area contributed by atoms with Gasteiger partial charge in [-0.15, -0.1) is 0 Å². The second-order valence-electron chi connectivity index (χ2n) is 6.15. The number of carbonyl (C=O) groups is 1. The van der Waals surface area contributed by atoms with Gasteiger partial charge in [0.2, 0.25) is 5.91 Å². The van der Waals surface area contributed by atoms with Crippen molar-refractivity contribution in [1.29, 1.82) is 0 Å². The van der Waals surface area contributed by atoms with Crippen LogP contribution in [0.3, 0.4) is 0 Å². The van der Waals surface area contributed by atoms with E-state index in [4.69, 9.17) is 10.5 Å². The molecule has 0 aliphatic heterocycles. The summed E-state index contributed by atoms with van der Waals surface area (Å²) in [5, 5.41) is 3.14. The van der Waals surface area contributed by atoms with Gasteiger partial charge in [-0.3, -0.25) is 4.79 Å². The first-order valence-electron chi connectivity index (χ1n) is 7.05. The minimum absolute atomic E-state index is 0.232. The van der Waals surface area contributed by atoms with Crippen molar-refractivity contribution in [2.75, 3.05) is 6.61 Å². The van der Waals surface area contributed by atoms with Crippen molar-refractivity contribution in [2.24, 2.45) is 17.6 Å². The molecule has 1 rings (SSSR count). The molecule has 3 unspecified atom stereocenters. The van der Waals surface area contributed by atoms with Crippen LogP contribution in [0.4, 0.5) is 0 Å². The van der Waals surface area contributed by atoms with E-state index in [0.29, 0.717) is 18.4 Å². The van der Waals surface area contributed by atoms with Crippen molar-refractivity contribution >= 4 is 5.91 Å². The first-order chi connectivity index (χ1) is 8.38. The van der Waals surface area contributed by atoms with Crippen molar-refractivity contribution in [3.63, 3.8) is 0 Å². The summed E-state index contributed by atoms with van der Waals surface area (Å²) in [6.45, 7) is 8.92. The minimum atomic E-state index is -0.377. The van der Waals surface area contributed by atoms with Gasteiger partial charge in [-0.05, 0) is 31.1 Å². The van der Waals surface area contributed by atoms with Gasteiger partial charge in [0.15, 0.2) is 0 Å². The molecule has 0 heterocycles. The highest BCUT2D eigenvalue weighted by Crippen LogP contribution is 2.30. The first kappa shape index (κ1) is 15.4. The molecule has 106 valence electrons. The van der Waals surface area contributed by atoms with Gasteiger partial charge in [-0.25, -0.2) is 0 Å². The molecule has 0 aromatic heterocycles. The Hall–Kier alpha value is -0.610. The zero-order valence-corrected chi connectivity index (χ0v) is 12.1. The number of nitrogens with two attached hydrogens (primary N) is 1. The molecule has 1 amide bonds. The van der Waals surface area contributed by atoms with Crippen molar-refractivity contribution in [2.45, 2.75) is 65.1 Å². The van der Waals surface area contributed by atoms with E-state index >= 15 is 0 Å². The van der Waals surface area contributed by atoms with Crippen LogP contribution >= 0.6 is 0 Å². The van der Waals surface area contributed by atoms with Crippen LogP contribution in [-0.2, 0) is 9.53 Å². The number of hydrogen-bond donors (Lipinski definition) is 2. The third kappa shape index (κ3) is 5.36. The quantitative estimate of drug-likeness (QED) is 0.760. The Morgan fingerprint density at radius 3 is 2.28 bits per heavy atom. The van der Waals surface area contributed by atoms with E-state index in [9.17, 15) is 4.79 Å². The van der Waals surface area contributed by atoms with Gasteiger partial charge in [0.05, 0.1) is 12.7 Å². The van der Waals surface area contributed by atoms with Gasteiger partial charge in [0.1, 0.15) is 6.04 Å². The van der Waals surface area contributed by atoms with Crippen LogP contribution in [0.5, 0.6) is 0 Å². The topological polar surface area (TPSA) is 64.3 Å². The number of amides is 1. The van der Waals surface area contributed by atoms with Crippen LogP contribution in [0.2, 0.25) is 0 Å².